The Morgan fingerprint density at radius 3 is 3.15 bits per heavy atom. The second-order valence-electron chi connectivity index (χ2n) is 2.84. The fraction of sp³-hybridized carbons (Fsp3) is 0.375. The SMILES string of the molecule is NCCCc1nc2nnccc2[nH]1. The lowest BCUT2D eigenvalue weighted by Gasteiger charge is -1.90. The van der Waals surface area contributed by atoms with E-state index < -0.39 is 0 Å². The number of aromatic amines is 1. The molecule has 0 spiro atoms. The molecule has 0 atom stereocenters. The molecule has 2 aromatic heterocycles. The van der Waals surface area contributed by atoms with Gasteiger partial charge in [0.2, 0.25) is 0 Å². The van der Waals surface area contributed by atoms with E-state index in [2.05, 4.69) is 20.2 Å². The number of hydrogen-bond donors (Lipinski definition) is 2. The smallest absolute Gasteiger partial charge is 0.199 e. The van der Waals surface area contributed by atoms with E-state index in [1.165, 1.54) is 0 Å². The lowest BCUT2D eigenvalue weighted by Crippen LogP contribution is -2.01. The number of nitrogens with one attached hydrogen (secondary N) is 1. The standard InChI is InChI=1S/C8H11N5/c9-4-1-2-7-11-6-3-5-10-13-8(6)12-7/h3,5H,1-2,4,9H2,(H,11,12,13). The van der Waals surface area contributed by atoms with Gasteiger partial charge in [-0.1, -0.05) is 0 Å². The van der Waals surface area contributed by atoms with Crippen LogP contribution in [-0.4, -0.2) is 26.7 Å². The molecule has 2 aromatic rings. The number of nitrogens with two attached hydrogens (primary N) is 1. The molecule has 2 heterocycles. The number of imidazole rings is 1. The maximum atomic E-state index is 5.40. The van der Waals surface area contributed by atoms with Gasteiger partial charge in [-0.3, -0.25) is 0 Å². The van der Waals surface area contributed by atoms with E-state index in [9.17, 15) is 0 Å². The number of aryl methyl sites for hydroxylation is 1. The third-order valence-electron chi connectivity index (χ3n) is 1.84. The Morgan fingerprint density at radius 2 is 2.38 bits per heavy atom. The first-order valence-corrected chi connectivity index (χ1v) is 4.26. The third-order valence-corrected chi connectivity index (χ3v) is 1.84. The zero-order chi connectivity index (χ0) is 9.10. The summed E-state index contributed by atoms with van der Waals surface area (Å²) in [5.41, 5.74) is 7.01. The van der Waals surface area contributed by atoms with E-state index in [-0.39, 0.29) is 0 Å². The summed E-state index contributed by atoms with van der Waals surface area (Å²) in [5, 5.41) is 7.64. The Morgan fingerprint density at radius 1 is 1.46 bits per heavy atom. The van der Waals surface area contributed by atoms with Crippen molar-refractivity contribution in [2.24, 2.45) is 5.73 Å². The minimum absolute atomic E-state index is 0.675. The first-order valence-electron chi connectivity index (χ1n) is 4.26. The molecule has 0 saturated heterocycles. The van der Waals surface area contributed by atoms with E-state index in [4.69, 9.17) is 5.73 Å². The zero-order valence-electron chi connectivity index (χ0n) is 7.20. The van der Waals surface area contributed by atoms with Crippen LogP contribution in [0.2, 0.25) is 0 Å². The summed E-state index contributed by atoms with van der Waals surface area (Å²) in [6.45, 7) is 0.683. The van der Waals surface area contributed by atoms with E-state index in [1.54, 1.807) is 6.20 Å². The summed E-state index contributed by atoms with van der Waals surface area (Å²) in [5.74, 6) is 0.931. The van der Waals surface area contributed by atoms with E-state index in [0.717, 1.165) is 24.2 Å². The van der Waals surface area contributed by atoms with Gasteiger partial charge in [-0.05, 0) is 19.0 Å². The van der Waals surface area contributed by atoms with Gasteiger partial charge < -0.3 is 10.7 Å². The Balaban J connectivity index is 2.28. The topological polar surface area (TPSA) is 80.5 Å². The van der Waals surface area contributed by atoms with Crippen molar-refractivity contribution in [2.75, 3.05) is 6.54 Å². The molecule has 0 amide bonds. The van der Waals surface area contributed by atoms with Crippen LogP contribution < -0.4 is 5.73 Å². The summed E-state index contributed by atoms with van der Waals surface area (Å²) < 4.78 is 0. The monoisotopic (exact) mass is 177 g/mol. The fourth-order valence-corrected chi connectivity index (χ4v) is 1.20. The predicted octanol–water partition coefficient (Wildman–Crippen LogP) is 0.244. The van der Waals surface area contributed by atoms with Crippen molar-refractivity contribution in [1.82, 2.24) is 20.2 Å². The first-order chi connectivity index (χ1) is 6.40. The Bertz CT molecular complexity index is 361. The molecule has 0 radical (unpaired) electrons. The maximum Gasteiger partial charge on any atom is 0.199 e. The molecular weight excluding hydrogens is 166 g/mol. The van der Waals surface area contributed by atoms with Crippen LogP contribution in [0.4, 0.5) is 0 Å². The van der Waals surface area contributed by atoms with Crippen LogP contribution in [-0.2, 0) is 6.42 Å². The molecule has 0 aliphatic rings. The van der Waals surface area contributed by atoms with Crippen molar-refractivity contribution in [1.29, 1.82) is 0 Å². The summed E-state index contributed by atoms with van der Waals surface area (Å²) in [4.78, 5) is 7.43. The molecule has 68 valence electrons. The highest BCUT2D eigenvalue weighted by atomic mass is 15.1. The van der Waals surface area contributed by atoms with Crippen molar-refractivity contribution in [3.63, 3.8) is 0 Å². The van der Waals surface area contributed by atoms with Gasteiger partial charge in [0, 0.05) is 6.42 Å². The normalized spacial score (nSPS) is 10.8. The summed E-state index contributed by atoms with van der Waals surface area (Å²) >= 11 is 0. The van der Waals surface area contributed by atoms with Gasteiger partial charge in [-0.2, -0.15) is 5.10 Å². The van der Waals surface area contributed by atoms with Gasteiger partial charge >= 0.3 is 0 Å². The average molecular weight is 177 g/mol. The van der Waals surface area contributed by atoms with Crippen LogP contribution in [0.1, 0.15) is 12.2 Å². The predicted molar refractivity (Wildman–Crippen MR) is 49.1 cm³/mol. The number of fused-ring (bicyclic) bond motifs is 1. The highest BCUT2D eigenvalue weighted by molar-refractivity contribution is 5.69. The van der Waals surface area contributed by atoms with Gasteiger partial charge in [0.05, 0.1) is 11.7 Å². The van der Waals surface area contributed by atoms with Crippen molar-refractivity contribution in [3.8, 4) is 0 Å². The van der Waals surface area contributed by atoms with Crippen LogP contribution in [0.25, 0.3) is 11.2 Å². The van der Waals surface area contributed by atoms with Crippen LogP contribution in [0, 0.1) is 0 Å². The third kappa shape index (κ3) is 1.65. The number of rotatable bonds is 3. The van der Waals surface area contributed by atoms with Crippen molar-refractivity contribution in [3.05, 3.63) is 18.1 Å². The quantitative estimate of drug-likeness (QED) is 0.704. The molecule has 0 aliphatic carbocycles. The zero-order valence-corrected chi connectivity index (χ0v) is 7.20. The van der Waals surface area contributed by atoms with Gasteiger partial charge in [0.25, 0.3) is 0 Å². The molecular formula is C8H11N5. The van der Waals surface area contributed by atoms with Crippen molar-refractivity contribution >= 4 is 11.2 Å². The molecule has 13 heavy (non-hydrogen) atoms. The average Bonchev–Trinajstić information content (AvgIpc) is 2.57. The summed E-state index contributed by atoms with van der Waals surface area (Å²) in [6.07, 6.45) is 3.45. The van der Waals surface area contributed by atoms with Gasteiger partial charge in [-0.15, -0.1) is 5.10 Å². The minimum atomic E-state index is 0.675. The second-order valence-corrected chi connectivity index (χ2v) is 2.84. The molecule has 5 heteroatoms. The molecule has 0 fully saturated rings. The molecule has 0 unspecified atom stereocenters. The first kappa shape index (κ1) is 8.12. The molecule has 0 aromatic carbocycles. The highest BCUT2D eigenvalue weighted by Crippen LogP contribution is 2.06. The Hall–Kier alpha value is -1.49. The Kier molecular flexibility index (Phi) is 2.18. The maximum absolute atomic E-state index is 5.40. The van der Waals surface area contributed by atoms with Crippen molar-refractivity contribution in [2.45, 2.75) is 12.8 Å². The fourth-order valence-electron chi connectivity index (χ4n) is 1.20. The number of hydrogen-bond acceptors (Lipinski definition) is 4. The lowest BCUT2D eigenvalue weighted by molar-refractivity contribution is 0.796. The molecule has 0 saturated carbocycles. The van der Waals surface area contributed by atoms with Gasteiger partial charge in [0.15, 0.2) is 5.65 Å². The van der Waals surface area contributed by atoms with E-state index in [1.807, 2.05) is 6.07 Å². The molecule has 0 aliphatic heterocycles. The van der Waals surface area contributed by atoms with Crippen LogP contribution in [0.15, 0.2) is 12.3 Å². The second kappa shape index (κ2) is 3.49. The number of aromatic nitrogens is 4. The summed E-state index contributed by atoms with van der Waals surface area (Å²) in [7, 11) is 0. The number of H-pyrrole nitrogens is 1. The van der Waals surface area contributed by atoms with Gasteiger partial charge in [-0.25, -0.2) is 4.98 Å². The molecule has 0 bridgehead atoms. The highest BCUT2D eigenvalue weighted by Gasteiger charge is 2.01. The van der Waals surface area contributed by atoms with Gasteiger partial charge in [0.1, 0.15) is 5.82 Å². The molecule has 5 nitrogen and oxygen atoms in total. The van der Waals surface area contributed by atoms with Crippen LogP contribution in [0.5, 0.6) is 0 Å². The largest absolute Gasteiger partial charge is 0.341 e. The number of nitrogens with zero attached hydrogens (tertiary/aromatic N) is 3. The lowest BCUT2D eigenvalue weighted by atomic mass is 10.3. The van der Waals surface area contributed by atoms with E-state index >= 15 is 0 Å². The molecule has 2 rings (SSSR count). The van der Waals surface area contributed by atoms with Crippen LogP contribution >= 0.6 is 0 Å². The van der Waals surface area contributed by atoms with E-state index in [0.29, 0.717) is 12.2 Å². The minimum Gasteiger partial charge on any atom is -0.341 e. The van der Waals surface area contributed by atoms with Crippen LogP contribution in [0.3, 0.4) is 0 Å². The Labute approximate surface area is 75.4 Å². The van der Waals surface area contributed by atoms with Crippen molar-refractivity contribution < 1.29 is 0 Å². The molecule has 3 N–H and O–H groups in total. The summed E-state index contributed by atoms with van der Waals surface area (Å²) in [6, 6.07) is 1.86.